The van der Waals surface area contributed by atoms with E-state index < -0.39 is 0 Å². The van der Waals surface area contributed by atoms with Crippen molar-refractivity contribution in [1.82, 2.24) is 9.78 Å². The molecule has 4 heteroatoms. The lowest BCUT2D eigenvalue weighted by molar-refractivity contribution is 0.637. The average molecular weight is 214 g/mol. The number of hydrogen-bond acceptors (Lipinski definition) is 2. The Labute approximate surface area is 73.8 Å². The predicted molar refractivity (Wildman–Crippen MR) is 45.1 cm³/mol. The summed E-state index contributed by atoms with van der Waals surface area (Å²) in [6, 6.07) is 2.01. The molecule has 0 radical (unpaired) electrons. The van der Waals surface area contributed by atoms with Gasteiger partial charge in [0.2, 0.25) is 0 Å². The zero-order valence-electron chi connectivity index (χ0n) is 6.43. The number of halogens is 1. The van der Waals surface area contributed by atoms with Crippen LogP contribution < -0.4 is 0 Å². The van der Waals surface area contributed by atoms with Gasteiger partial charge < -0.3 is 0 Å². The van der Waals surface area contributed by atoms with Gasteiger partial charge in [0.05, 0.1) is 10.2 Å². The molecule has 0 spiro atoms. The lowest BCUT2D eigenvalue weighted by Crippen LogP contribution is -1.98. The van der Waals surface area contributed by atoms with Crippen LogP contribution in [0.4, 0.5) is 0 Å². The van der Waals surface area contributed by atoms with Crippen molar-refractivity contribution in [3.8, 4) is 6.07 Å². The van der Waals surface area contributed by atoms with Crippen molar-refractivity contribution in [3.63, 3.8) is 0 Å². The van der Waals surface area contributed by atoms with Crippen LogP contribution >= 0.6 is 15.9 Å². The van der Waals surface area contributed by atoms with E-state index in [2.05, 4.69) is 21.0 Å². The van der Waals surface area contributed by atoms with E-state index in [0.29, 0.717) is 5.69 Å². The van der Waals surface area contributed by atoms with Gasteiger partial charge >= 0.3 is 0 Å². The third-order valence-corrected chi connectivity index (χ3v) is 2.49. The summed E-state index contributed by atoms with van der Waals surface area (Å²) in [5.41, 5.74) is 1.47. The van der Waals surface area contributed by atoms with Crippen LogP contribution in [-0.4, -0.2) is 9.78 Å². The highest BCUT2D eigenvalue weighted by Gasteiger charge is 2.09. The van der Waals surface area contributed by atoms with Gasteiger partial charge in [0.25, 0.3) is 0 Å². The molecular weight excluding hydrogens is 206 g/mol. The van der Waals surface area contributed by atoms with Crippen molar-refractivity contribution < 1.29 is 0 Å². The maximum absolute atomic E-state index is 8.60. The predicted octanol–water partition coefficient (Wildman–Crippen LogP) is 1.85. The zero-order valence-corrected chi connectivity index (χ0v) is 8.01. The fraction of sp³-hybridized carbons (Fsp3) is 0.429. The number of hydrogen-bond donors (Lipinski definition) is 0. The Hall–Kier alpha value is -0.820. The van der Waals surface area contributed by atoms with Gasteiger partial charge in [-0.05, 0) is 29.8 Å². The Bertz CT molecular complexity index is 308. The van der Waals surface area contributed by atoms with Crippen molar-refractivity contribution in [1.29, 1.82) is 5.26 Å². The lowest BCUT2D eigenvalue weighted by atomic mass is 10.4. The first-order valence-corrected chi connectivity index (χ1v) is 4.13. The van der Waals surface area contributed by atoms with Gasteiger partial charge in [-0.3, -0.25) is 4.68 Å². The molecule has 0 unspecified atom stereocenters. The molecule has 0 N–H and O–H groups in total. The van der Waals surface area contributed by atoms with Crippen LogP contribution in [0, 0.1) is 18.3 Å². The number of aryl methyl sites for hydroxylation is 1. The minimum Gasteiger partial charge on any atom is -0.268 e. The Morgan fingerprint density at radius 2 is 2.36 bits per heavy atom. The molecule has 0 aliphatic heterocycles. The highest BCUT2D eigenvalue weighted by atomic mass is 79.9. The van der Waals surface area contributed by atoms with Crippen LogP contribution in [0.3, 0.4) is 0 Å². The van der Waals surface area contributed by atoms with Gasteiger partial charge in [0.15, 0.2) is 5.69 Å². The lowest BCUT2D eigenvalue weighted by Gasteiger charge is -1.95. The minimum absolute atomic E-state index is 0.462. The molecule has 0 atom stereocenters. The van der Waals surface area contributed by atoms with E-state index in [4.69, 9.17) is 5.26 Å². The average Bonchev–Trinajstić information content (AvgIpc) is 2.30. The Balaban J connectivity index is 3.26. The second-order valence-electron chi connectivity index (χ2n) is 2.18. The largest absolute Gasteiger partial charge is 0.268 e. The quantitative estimate of drug-likeness (QED) is 0.715. The second-order valence-corrected chi connectivity index (χ2v) is 2.97. The molecule has 0 saturated heterocycles. The molecule has 58 valence electrons. The van der Waals surface area contributed by atoms with E-state index in [9.17, 15) is 0 Å². The van der Waals surface area contributed by atoms with Crippen molar-refractivity contribution in [3.05, 3.63) is 15.9 Å². The maximum atomic E-state index is 8.60. The third kappa shape index (κ3) is 1.29. The topological polar surface area (TPSA) is 41.6 Å². The first-order valence-electron chi connectivity index (χ1n) is 3.33. The summed E-state index contributed by atoms with van der Waals surface area (Å²) >= 11 is 3.30. The van der Waals surface area contributed by atoms with Crippen molar-refractivity contribution in [2.45, 2.75) is 20.4 Å². The highest BCUT2D eigenvalue weighted by Crippen LogP contribution is 2.19. The van der Waals surface area contributed by atoms with Crippen LogP contribution in [0.1, 0.15) is 18.3 Å². The molecule has 0 amide bonds. The highest BCUT2D eigenvalue weighted by molar-refractivity contribution is 9.10. The van der Waals surface area contributed by atoms with E-state index in [1.807, 2.05) is 19.9 Å². The summed E-state index contributed by atoms with van der Waals surface area (Å²) in [5.74, 6) is 0. The number of aromatic nitrogens is 2. The Morgan fingerprint density at radius 1 is 1.73 bits per heavy atom. The summed E-state index contributed by atoms with van der Waals surface area (Å²) in [4.78, 5) is 0. The normalized spacial score (nSPS) is 9.64. The summed E-state index contributed by atoms with van der Waals surface area (Å²) < 4.78 is 2.60. The van der Waals surface area contributed by atoms with Crippen LogP contribution in [-0.2, 0) is 6.54 Å². The van der Waals surface area contributed by atoms with Gasteiger partial charge in [-0.25, -0.2) is 0 Å². The molecule has 0 fully saturated rings. The molecule has 0 saturated carbocycles. The van der Waals surface area contributed by atoms with Crippen molar-refractivity contribution >= 4 is 15.9 Å². The van der Waals surface area contributed by atoms with E-state index >= 15 is 0 Å². The molecule has 0 aromatic carbocycles. The van der Waals surface area contributed by atoms with Crippen LogP contribution in [0.2, 0.25) is 0 Å². The number of nitrogens with zero attached hydrogens (tertiary/aromatic N) is 3. The molecule has 1 aromatic rings. The first-order chi connectivity index (χ1) is 5.20. The summed E-state index contributed by atoms with van der Waals surface area (Å²) in [6.07, 6.45) is 0. The molecule has 0 aliphatic carbocycles. The monoisotopic (exact) mass is 213 g/mol. The van der Waals surface area contributed by atoms with E-state index in [-0.39, 0.29) is 0 Å². The smallest absolute Gasteiger partial charge is 0.176 e. The van der Waals surface area contributed by atoms with Gasteiger partial charge in [0.1, 0.15) is 6.07 Å². The molecule has 0 bridgehead atoms. The van der Waals surface area contributed by atoms with Crippen LogP contribution in [0.25, 0.3) is 0 Å². The van der Waals surface area contributed by atoms with Gasteiger partial charge in [-0.2, -0.15) is 10.4 Å². The zero-order chi connectivity index (χ0) is 8.43. The molecule has 1 heterocycles. The van der Waals surface area contributed by atoms with Gasteiger partial charge in [-0.15, -0.1) is 0 Å². The SMILES string of the molecule is CCn1nc(C#N)c(Br)c1C. The number of rotatable bonds is 1. The first kappa shape index (κ1) is 8.28. The van der Waals surface area contributed by atoms with Crippen LogP contribution in [0.5, 0.6) is 0 Å². The summed E-state index contributed by atoms with van der Waals surface area (Å²) in [6.45, 7) is 4.72. The molecule has 1 rings (SSSR count). The minimum atomic E-state index is 0.462. The van der Waals surface area contributed by atoms with Gasteiger partial charge in [0, 0.05) is 6.54 Å². The van der Waals surface area contributed by atoms with E-state index in [0.717, 1.165) is 16.7 Å². The summed E-state index contributed by atoms with van der Waals surface area (Å²) in [7, 11) is 0. The standard InChI is InChI=1S/C7H8BrN3/c1-3-11-5(2)7(8)6(4-9)10-11/h3H2,1-2H3. The fourth-order valence-corrected chi connectivity index (χ4v) is 1.28. The van der Waals surface area contributed by atoms with E-state index in [1.165, 1.54) is 0 Å². The summed E-state index contributed by atoms with van der Waals surface area (Å²) in [5, 5.41) is 12.7. The molecular formula is C7H8BrN3. The maximum Gasteiger partial charge on any atom is 0.176 e. The third-order valence-electron chi connectivity index (χ3n) is 1.54. The molecule has 0 aliphatic rings. The Morgan fingerprint density at radius 3 is 2.64 bits per heavy atom. The van der Waals surface area contributed by atoms with E-state index in [1.54, 1.807) is 4.68 Å². The molecule has 1 aromatic heterocycles. The fourth-order valence-electron chi connectivity index (χ4n) is 0.904. The van der Waals surface area contributed by atoms with Gasteiger partial charge in [-0.1, -0.05) is 0 Å². The second kappa shape index (κ2) is 3.05. The molecule has 11 heavy (non-hydrogen) atoms. The molecule has 3 nitrogen and oxygen atoms in total. The number of nitriles is 1. The Kier molecular flexibility index (Phi) is 2.30. The van der Waals surface area contributed by atoms with Crippen LogP contribution in [0.15, 0.2) is 4.47 Å². The van der Waals surface area contributed by atoms with Crippen molar-refractivity contribution in [2.75, 3.05) is 0 Å². The van der Waals surface area contributed by atoms with Crippen molar-refractivity contribution in [2.24, 2.45) is 0 Å².